The van der Waals surface area contributed by atoms with Crippen LogP contribution in [-0.4, -0.2) is 18.0 Å². The van der Waals surface area contributed by atoms with Gasteiger partial charge in [0, 0.05) is 36.5 Å². The molecule has 0 saturated carbocycles. The summed E-state index contributed by atoms with van der Waals surface area (Å²) >= 11 is 1.74. The third-order valence-corrected chi connectivity index (χ3v) is 8.39. The summed E-state index contributed by atoms with van der Waals surface area (Å²) in [7, 11) is -4.74. The number of nitrogens with zero attached hydrogens (tertiary/aromatic N) is 3. The molecule has 0 fully saturated rings. The number of nitrogens with two attached hydrogens (primary N) is 1. The normalized spacial score (nSPS) is 11.9. The summed E-state index contributed by atoms with van der Waals surface area (Å²) in [5.74, 6) is 0. The molecule has 6 rings (SSSR count). The number of hydrogen-bond acceptors (Lipinski definition) is 8. The third-order valence-electron chi connectivity index (χ3n) is 6.29. The Labute approximate surface area is 245 Å². The number of nitrogen functional groups attached to an aromatic ring is 1. The molecule has 0 saturated heterocycles. The molecule has 2 aromatic heterocycles. The molecule has 0 aliphatic rings. The molecule has 0 aliphatic carbocycles. The van der Waals surface area contributed by atoms with E-state index in [4.69, 9.17) is 5.73 Å². The number of hydrogen-bond donors (Lipinski definition) is 1. The minimum absolute atomic E-state index is 0. The first-order chi connectivity index (χ1) is 17.8. The van der Waals surface area contributed by atoms with Crippen LogP contribution in [0, 0.1) is 6.92 Å². The van der Waals surface area contributed by atoms with Gasteiger partial charge < -0.3 is 10.3 Å². The van der Waals surface area contributed by atoms with E-state index in [1.807, 2.05) is 31.2 Å². The van der Waals surface area contributed by atoms with Crippen LogP contribution in [0.1, 0.15) is 5.56 Å². The molecule has 0 atom stereocenters. The number of thiophene rings is 1. The molecule has 4 aromatic carbocycles. The molecule has 182 valence electrons. The Hall–Kier alpha value is -3.18. The first kappa shape index (κ1) is 26.4. The first-order valence-electron chi connectivity index (χ1n) is 11.4. The first-order valence-corrected chi connectivity index (χ1v) is 13.6. The van der Waals surface area contributed by atoms with Crippen molar-refractivity contribution in [3.05, 3.63) is 90.6 Å². The molecule has 6 aromatic rings. The minimum Gasteiger partial charge on any atom is -0.744 e. The Kier molecular flexibility index (Phi) is 7.08. The van der Waals surface area contributed by atoms with Gasteiger partial charge in [-0.15, -0.1) is 21.6 Å². The van der Waals surface area contributed by atoms with Crippen molar-refractivity contribution >= 4 is 69.5 Å². The summed E-state index contributed by atoms with van der Waals surface area (Å²) in [6.07, 6.45) is 1.61. The van der Waals surface area contributed by atoms with Gasteiger partial charge in [0.05, 0.1) is 22.5 Å². The average molecular weight is 547 g/mol. The van der Waals surface area contributed by atoms with Crippen LogP contribution in [0.5, 0.6) is 0 Å². The van der Waals surface area contributed by atoms with E-state index in [9.17, 15) is 13.0 Å². The van der Waals surface area contributed by atoms with E-state index < -0.39 is 10.1 Å². The van der Waals surface area contributed by atoms with E-state index in [2.05, 4.69) is 39.5 Å². The summed E-state index contributed by atoms with van der Waals surface area (Å²) in [6.45, 7) is 1.96. The topological polar surface area (TPSA) is 121 Å². The average Bonchev–Trinajstić information content (AvgIpc) is 3.27. The van der Waals surface area contributed by atoms with Gasteiger partial charge in [-0.2, -0.15) is 0 Å². The van der Waals surface area contributed by atoms with E-state index in [0.717, 1.165) is 16.8 Å². The van der Waals surface area contributed by atoms with Gasteiger partial charge in [-0.1, -0.05) is 60.7 Å². The van der Waals surface area contributed by atoms with Crippen molar-refractivity contribution in [3.63, 3.8) is 0 Å². The van der Waals surface area contributed by atoms with Gasteiger partial charge in [0.25, 0.3) is 0 Å². The van der Waals surface area contributed by atoms with Crippen molar-refractivity contribution in [2.75, 3.05) is 5.73 Å². The Balaban J connectivity index is 0.00000294. The summed E-state index contributed by atoms with van der Waals surface area (Å²) < 4.78 is 38.0. The van der Waals surface area contributed by atoms with E-state index in [0.29, 0.717) is 11.1 Å². The zero-order valence-corrected chi connectivity index (χ0v) is 24.2. The standard InChI is InChI=1S/C28H20N4O3S2.Na/c1-16-13-17(31-32-23-14-25(37(33,34)35)19-8-2-3-9-20(19)26(23)29)15-30-27(16)22-11-6-10-21-18-7-4-5-12-24(18)36-28(21)22;/h2-15H,29H2,1H3,(H,33,34,35);/q;+1/p-1. The zero-order chi connectivity index (χ0) is 25.7. The van der Waals surface area contributed by atoms with Crippen LogP contribution >= 0.6 is 11.3 Å². The van der Waals surface area contributed by atoms with Crippen LogP contribution in [-0.2, 0) is 10.1 Å². The maximum atomic E-state index is 11.9. The number of aromatic nitrogens is 1. The molecule has 7 nitrogen and oxygen atoms in total. The Morgan fingerprint density at radius 3 is 2.29 bits per heavy atom. The maximum Gasteiger partial charge on any atom is 1.00 e. The van der Waals surface area contributed by atoms with Gasteiger partial charge in [0.2, 0.25) is 0 Å². The van der Waals surface area contributed by atoms with Crippen molar-refractivity contribution in [2.24, 2.45) is 10.2 Å². The molecule has 2 heterocycles. The second-order valence-corrected chi connectivity index (χ2v) is 11.0. The summed E-state index contributed by atoms with van der Waals surface area (Å²) in [4.78, 5) is 4.30. The van der Waals surface area contributed by atoms with Crippen LogP contribution < -0.4 is 35.3 Å². The van der Waals surface area contributed by atoms with Crippen molar-refractivity contribution in [3.8, 4) is 11.3 Å². The number of pyridine rings is 1. The van der Waals surface area contributed by atoms with Crippen molar-refractivity contribution in [2.45, 2.75) is 11.8 Å². The van der Waals surface area contributed by atoms with Gasteiger partial charge in [0.1, 0.15) is 21.5 Å². The predicted molar refractivity (Wildman–Crippen MR) is 148 cm³/mol. The quantitative estimate of drug-likeness (QED) is 0.151. The number of fused-ring (bicyclic) bond motifs is 4. The summed E-state index contributed by atoms with van der Waals surface area (Å²) in [5.41, 5.74) is 9.87. The number of aryl methyl sites for hydroxylation is 1. The van der Waals surface area contributed by atoms with E-state index in [1.165, 1.54) is 26.2 Å². The van der Waals surface area contributed by atoms with E-state index in [1.54, 1.807) is 41.8 Å². The van der Waals surface area contributed by atoms with Crippen LogP contribution in [0.2, 0.25) is 0 Å². The molecule has 0 bridgehead atoms. The van der Waals surface area contributed by atoms with Crippen molar-refractivity contribution < 1.29 is 42.5 Å². The van der Waals surface area contributed by atoms with Gasteiger partial charge in [0.15, 0.2) is 0 Å². The number of azo groups is 1. The number of benzene rings is 4. The maximum absolute atomic E-state index is 11.9. The number of anilines is 1. The predicted octanol–water partition coefficient (Wildman–Crippen LogP) is 4.48. The number of rotatable bonds is 4. The molecular formula is C28H19N4NaO3S2. The SMILES string of the molecule is Cc1cc(N=Nc2cc(S(=O)(=O)[O-])c3ccccc3c2N)cnc1-c1cccc2c1sc1ccccc12.[Na+]. The minimum atomic E-state index is -4.74. The Morgan fingerprint density at radius 2 is 1.55 bits per heavy atom. The van der Waals surface area contributed by atoms with Gasteiger partial charge >= 0.3 is 29.6 Å². The summed E-state index contributed by atoms with van der Waals surface area (Å²) in [5, 5.41) is 11.5. The Bertz CT molecular complexity index is 2000. The van der Waals surface area contributed by atoms with Gasteiger partial charge in [-0.05, 0) is 30.7 Å². The van der Waals surface area contributed by atoms with Crippen LogP contribution in [0.25, 0.3) is 42.2 Å². The fourth-order valence-electron chi connectivity index (χ4n) is 4.58. The molecular weight excluding hydrogens is 527 g/mol. The second-order valence-electron chi connectivity index (χ2n) is 8.65. The second kappa shape index (κ2) is 10.2. The molecule has 2 N–H and O–H groups in total. The molecule has 0 amide bonds. The molecule has 38 heavy (non-hydrogen) atoms. The van der Waals surface area contributed by atoms with Crippen molar-refractivity contribution in [1.82, 2.24) is 4.98 Å². The van der Waals surface area contributed by atoms with Crippen LogP contribution in [0.15, 0.2) is 100 Å². The fourth-order valence-corrected chi connectivity index (χ4v) is 6.50. The summed E-state index contributed by atoms with van der Waals surface area (Å²) in [6, 6.07) is 24.1. The smallest absolute Gasteiger partial charge is 0.744 e. The molecule has 10 heteroatoms. The van der Waals surface area contributed by atoms with Crippen LogP contribution in [0.4, 0.5) is 17.1 Å². The third kappa shape index (κ3) is 4.62. The largest absolute Gasteiger partial charge is 1.00 e. The van der Waals surface area contributed by atoms with Gasteiger partial charge in [-0.25, -0.2) is 8.42 Å². The zero-order valence-electron chi connectivity index (χ0n) is 20.5. The fraction of sp³-hybridized carbons (Fsp3) is 0.0357. The monoisotopic (exact) mass is 546 g/mol. The van der Waals surface area contributed by atoms with E-state index >= 15 is 0 Å². The van der Waals surface area contributed by atoms with E-state index in [-0.39, 0.29) is 51.2 Å². The van der Waals surface area contributed by atoms with Gasteiger partial charge in [-0.3, -0.25) is 4.98 Å². The molecule has 0 radical (unpaired) electrons. The molecule has 0 aliphatic heterocycles. The molecule has 0 unspecified atom stereocenters. The molecule has 0 spiro atoms. The Morgan fingerprint density at radius 1 is 0.868 bits per heavy atom. The van der Waals surface area contributed by atoms with Crippen molar-refractivity contribution in [1.29, 1.82) is 0 Å². The van der Waals surface area contributed by atoms with Crippen LogP contribution in [0.3, 0.4) is 0 Å².